The predicted molar refractivity (Wildman–Crippen MR) is 89.0 cm³/mol. The van der Waals surface area contributed by atoms with Gasteiger partial charge in [-0.05, 0) is 50.4 Å². The summed E-state index contributed by atoms with van der Waals surface area (Å²) in [5.41, 5.74) is 0. The van der Waals surface area contributed by atoms with Crippen molar-refractivity contribution in [3.63, 3.8) is 0 Å². The molecule has 1 aliphatic rings. The van der Waals surface area contributed by atoms with Crippen LogP contribution >= 0.6 is 0 Å². The molecule has 1 heterocycles. The molecule has 0 bridgehead atoms. The molecule has 5 heteroatoms. The maximum atomic E-state index is 13.7. The van der Waals surface area contributed by atoms with Crippen molar-refractivity contribution >= 4 is 5.91 Å². The Labute approximate surface area is 138 Å². The molecule has 0 saturated carbocycles. The number of para-hydroxylation sites is 1. The van der Waals surface area contributed by atoms with Gasteiger partial charge in [0.2, 0.25) is 0 Å². The van der Waals surface area contributed by atoms with Crippen molar-refractivity contribution in [2.24, 2.45) is 5.92 Å². The number of carbonyl (C=O) groups is 1. The Morgan fingerprint density at radius 2 is 2.04 bits per heavy atom. The van der Waals surface area contributed by atoms with E-state index in [0.717, 1.165) is 39.0 Å². The zero-order valence-corrected chi connectivity index (χ0v) is 14.1. The van der Waals surface area contributed by atoms with Crippen molar-refractivity contribution in [2.75, 3.05) is 26.2 Å². The summed E-state index contributed by atoms with van der Waals surface area (Å²) in [6, 6.07) is 6.23. The molecule has 1 atom stereocenters. The number of hydrogen-bond acceptors (Lipinski definition) is 3. The second kappa shape index (κ2) is 8.87. The van der Waals surface area contributed by atoms with Crippen LogP contribution in [0.25, 0.3) is 0 Å². The predicted octanol–water partition coefficient (Wildman–Crippen LogP) is 2.83. The summed E-state index contributed by atoms with van der Waals surface area (Å²) in [5, 5.41) is 3.37. The molecule has 128 valence electrons. The lowest BCUT2D eigenvalue weighted by Crippen LogP contribution is -2.46. The zero-order valence-electron chi connectivity index (χ0n) is 14.1. The number of carbonyl (C=O) groups excluding carboxylic acids is 1. The highest BCUT2D eigenvalue weighted by Crippen LogP contribution is 2.21. The van der Waals surface area contributed by atoms with Crippen LogP contribution in [-0.2, 0) is 4.79 Å². The van der Waals surface area contributed by atoms with Gasteiger partial charge in [0.15, 0.2) is 17.7 Å². The van der Waals surface area contributed by atoms with E-state index < -0.39 is 11.9 Å². The first-order chi connectivity index (χ1) is 11.2. The number of amides is 1. The van der Waals surface area contributed by atoms with Gasteiger partial charge >= 0.3 is 0 Å². The number of rotatable bonds is 7. The number of likely N-dealkylation sites (tertiary alicyclic amines) is 1. The van der Waals surface area contributed by atoms with Gasteiger partial charge in [-0.2, -0.15) is 0 Å². The fourth-order valence-electron chi connectivity index (χ4n) is 2.91. The van der Waals surface area contributed by atoms with Crippen molar-refractivity contribution < 1.29 is 13.9 Å². The third-order valence-electron chi connectivity index (χ3n) is 4.36. The number of nitrogens with one attached hydrogen (secondary N) is 1. The van der Waals surface area contributed by atoms with Crippen LogP contribution in [0.15, 0.2) is 24.3 Å². The molecule has 4 nitrogen and oxygen atoms in total. The highest BCUT2D eigenvalue weighted by Gasteiger charge is 2.28. The van der Waals surface area contributed by atoms with E-state index in [1.807, 2.05) is 11.8 Å². The maximum absolute atomic E-state index is 13.7. The molecule has 0 aliphatic carbocycles. The van der Waals surface area contributed by atoms with E-state index in [9.17, 15) is 9.18 Å². The van der Waals surface area contributed by atoms with Crippen LogP contribution in [0, 0.1) is 11.7 Å². The van der Waals surface area contributed by atoms with Gasteiger partial charge < -0.3 is 15.0 Å². The van der Waals surface area contributed by atoms with Crippen LogP contribution < -0.4 is 10.1 Å². The van der Waals surface area contributed by atoms with Crippen LogP contribution in [0.5, 0.6) is 5.75 Å². The molecule has 1 N–H and O–H groups in total. The minimum atomic E-state index is -0.614. The van der Waals surface area contributed by atoms with Crippen LogP contribution in [0.4, 0.5) is 4.39 Å². The molecule has 1 fully saturated rings. The molecule has 0 spiro atoms. The fraction of sp³-hybridized carbons (Fsp3) is 0.611. The largest absolute Gasteiger partial charge is 0.478 e. The summed E-state index contributed by atoms with van der Waals surface area (Å²) in [6.07, 6.45) is 1.94. The molecule has 1 unspecified atom stereocenters. The second-order valence-electron chi connectivity index (χ2n) is 6.02. The van der Waals surface area contributed by atoms with E-state index >= 15 is 0 Å². The summed E-state index contributed by atoms with van der Waals surface area (Å²) in [4.78, 5) is 14.5. The van der Waals surface area contributed by atoms with Gasteiger partial charge in [0.25, 0.3) is 5.91 Å². The van der Waals surface area contributed by atoms with Crippen LogP contribution in [0.1, 0.15) is 33.1 Å². The Kier molecular flexibility index (Phi) is 6.84. The van der Waals surface area contributed by atoms with Gasteiger partial charge in [0.1, 0.15) is 0 Å². The number of benzene rings is 1. The van der Waals surface area contributed by atoms with Crippen molar-refractivity contribution in [1.82, 2.24) is 10.2 Å². The number of nitrogens with zero attached hydrogens (tertiary/aromatic N) is 1. The number of halogens is 1. The smallest absolute Gasteiger partial charge is 0.263 e. The van der Waals surface area contributed by atoms with Gasteiger partial charge in [0, 0.05) is 13.1 Å². The Balaban J connectivity index is 1.89. The van der Waals surface area contributed by atoms with E-state index in [1.165, 1.54) is 6.07 Å². The molecule has 1 saturated heterocycles. The monoisotopic (exact) mass is 322 g/mol. The van der Waals surface area contributed by atoms with Gasteiger partial charge in [-0.15, -0.1) is 0 Å². The first-order valence-electron chi connectivity index (χ1n) is 8.56. The average Bonchev–Trinajstić information content (AvgIpc) is 2.59. The molecule has 1 aromatic carbocycles. The minimum Gasteiger partial charge on any atom is -0.478 e. The number of ether oxygens (including phenoxy) is 1. The first-order valence-corrected chi connectivity index (χ1v) is 8.56. The number of piperidine rings is 1. The Morgan fingerprint density at radius 1 is 1.35 bits per heavy atom. The van der Waals surface area contributed by atoms with Gasteiger partial charge in [-0.25, -0.2) is 4.39 Å². The normalized spacial score (nSPS) is 17.1. The highest BCUT2D eigenvalue weighted by molar-refractivity contribution is 5.81. The lowest BCUT2D eigenvalue weighted by Gasteiger charge is -2.34. The van der Waals surface area contributed by atoms with Crippen molar-refractivity contribution in [3.8, 4) is 5.75 Å². The van der Waals surface area contributed by atoms with E-state index in [2.05, 4.69) is 12.2 Å². The fourth-order valence-corrected chi connectivity index (χ4v) is 2.91. The highest BCUT2D eigenvalue weighted by atomic mass is 19.1. The molecule has 1 aromatic rings. The maximum Gasteiger partial charge on any atom is 0.263 e. The standard InChI is InChI=1S/C18H27FN2O2/c1-3-16(23-17-8-6-5-7-15(17)19)18(22)21-11-9-14(10-12-21)13-20-4-2/h5-8,14,16,20H,3-4,9-13H2,1-2H3. The van der Waals surface area contributed by atoms with E-state index in [1.54, 1.807) is 18.2 Å². The third-order valence-corrected chi connectivity index (χ3v) is 4.36. The molecule has 2 rings (SSSR count). The third kappa shape index (κ3) is 4.93. The van der Waals surface area contributed by atoms with Gasteiger partial charge in [-0.1, -0.05) is 26.0 Å². The number of hydrogen-bond donors (Lipinski definition) is 1. The Hall–Kier alpha value is -1.62. The van der Waals surface area contributed by atoms with Crippen molar-refractivity contribution in [1.29, 1.82) is 0 Å². The van der Waals surface area contributed by atoms with E-state index in [4.69, 9.17) is 4.74 Å². The molecule has 23 heavy (non-hydrogen) atoms. The lowest BCUT2D eigenvalue weighted by molar-refractivity contribution is -0.140. The molecular weight excluding hydrogens is 295 g/mol. The topological polar surface area (TPSA) is 41.6 Å². The summed E-state index contributed by atoms with van der Waals surface area (Å²) >= 11 is 0. The van der Waals surface area contributed by atoms with Crippen molar-refractivity contribution in [3.05, 3.63) is 30.1 Å². The first kappa shape index (κ1) is 17.7. The summed E-state index contributed by atoms with van der Waals surface area (Å²) in [6.45, 7) is 7.50. The lowest BCUT2D eigenvalue weighted by atomic mass is 9.96. The zero-order chi connectivity index (χ0) is 16.7. The molecule has 0 aromatic heterocycles. The van der Waals surface area contributed by atoms with Crippen LogP contribution in [0.3, 0.4) is 0 Å². The van der Waals surface area contributed by atoms with Crippen LogP contribution in [0.2, 0.25) is 0 Å². The molecular formula is C18H27FN2O2. The summed E-state index contributed by atoms with van der Waals surface area (Å²) in [7, 11) is 0. The quantitative estimate of drug-likeness (QED) is 0.839. The summed E-state index contributed by atoms with van der Waals surface area (Å²) < 4.78 is 19.3. The van der Waals surface area contributed by atoms with Gasteiger partial charge in [0.05, 0.1) is 0 Å². The SMILES string of the molecule is CCNCC1CCN(C(=O)C(CC)Oc2ccccc2F)CC1. The molecule has 1 amide bonds. The van der Waals surface area contributed by atoms with Crippen molar-refractivity contribution in [2.45, 2.75) is 39.2 Å². The van der Waals surface area contributed by atoms with Gasteiger partial charge in [-0.3, -0.25) is 4.79 Å². The molecule has 1 aliphatic heterocycles. The Morgan fingerprint density at radius 3 is 2.65 bits per heavy atom. The van der Waals surface area contributed by atoms with Crippen LogP contribution in [-0.4, -0.2) is 43.1 Å². The van der Waals surface area contributed by atoms with E-state index in [0.29, 0.717) is 12.3 Å². The summed E-state index contributed by atoms with van der Waals surface area (Å²) in [5.74, 6) is 0.321. The Bertz CT molecular complexity index is 502. The second-order valence-corrected chi connectivity index (χ2v) is 6.02. The van der Waals surface area contributed by atoms with E-state index in [-0.39, 0.29) is 11.7 Å². The average molecular weight is 322 g/mol. The minimum absolute atomic E-state index is 0.0300. The molecule has 0 radical (unpaired) electrons.